The van der Waals surface area contributed by atoms with E-state index in [1.54, 1.807) is 13.8 Å². The van der Waals surface area contributed by atoms with Gasteiger partial charge in [0.15, 0.2) is 0 Å². The maximum absolute atomic E-state index is 12.1. The van der Waals surface area contributed by atoms with Crippen molar-refractivity contribution in [3.63, 3.8) is 0 Å². The van der Waals surface area contributed by atoms with E-state index in [-0.39, 0.29) is 18.4 Å². The molecular weight excluding hydrogens is 284 g/mol. The van der Waals surface area contributed by atoms with Crippen molar-refractivity contribution in [1.29, 1.82) is 0 Å². The first-order valence-corrected chi connectivity index (χ1v) is 8.35. The molecule has 1 N–H and O–H groups in total. The van der Waals surface area contributed by atoms with Crippen LogP contribution in [0.1, 0.15) is 20.3 Å². The molecule has 0 saturated carbocycles. The van der Waals surface area contributed by atoms with E-state index in [0.29, 0.717) is 13.0 Å². The number of carbonyl (C=O) groups excluding carboxylic acids is 2. The van der Waals surface area contributed by atoms with Crippen molar-refractivity contribution in [2.24, 2.45) is 11.8 Å². The zero-order valence-corrected chi connectivity index (χ0v) is 13.1. The van der Waals surface area contributed by atoms with Crippen LogP contribution in [0.4, 0.5) is 0 Å². The Morgan fingerprint density at radius 3 is 2.35 bits per heavy atom. The summed E-state index contributed by atoms with van der Waals surface area (Å²) in [6, 6.07) is -0.709. The Morgan fingerprint density at radius 1 is 1.35 bits per heavy atom. The molecule has 2 atom stereocenters. The third-order valence-electron chi connectivity index (χ3n) is 3.41. The van der Waals surface area contributed by atoms with E-state index in [2.05, 4.69) is 10.1 Å². The van der Waals surface area contributed by atoms with E-state index < -0.39 is 28.0 Å². The summed E-state index contributed by atoms with van der Waals surface area (Å²) in [7, 11) is -2.00. The van der Waals surface area contributed by atoms with Gasteiger partial charge in [0.25, 0.3) is 0 Å². The fourth-order valence-electron chi connectivity index (χ4n) is 2.14. The van der Waals surface area contributed by atoms with E-state index in [1.165, 1.54) is 11.4 Å². The summed E-state index contributed by atoms with van der Waals surface area (Å²) in [6.45, 7) is 4.11. The molecule has 1 aliphatic rings. The van der Waals surface area contributed by atoms with Crippen LogP contribution in [0.3, 0.4) is 0 Å². The van der Waals surface area contributed by atoms with Crippen molar-refractivity contribution in [1.82, 2.24) is 9.62 Å². The SMILES string of the molecule is COC(=O)[C@@H](NC(=O)[C@H]1CCN(S(C)(=O)=O)C1)C(C)C. The number of esters is 1. The highest BCUT2D eigenvalue weighted by Crippen LogP contribution is 2.19. The molecule has 1 saturated heterocycles. The molecule has 0 spiro atoms. The first kappa shape index (κ1) is 16.9. The van der Waals surface area contributed by atoms with Crippen molar-refractivity contribution in [3.8, 4) is 0 Å². The van der Waals surface area contributed by atoms with Crippen LogP contribution in [0.5, 0.6) is 0 Å². The van der Waals surface area contributed by atoms with Crippen LogP contribution in [-0.2, 0) is 24.3 Å². The van der Waals surface area contributed by atoms with Gasteiger partial charge in [-0.1, -0.05) is 13.8 Å². The van der Waals surface area contributed by atoms with Crippen molar-refractivity contribution in [3.05, 3.63) is 0 Å². The lowest BCUT2D eigenvalue weighted by atomic mass is 10.0. The number of ether oxygens (including phenoxy) is 1. The number of rotatable bonds is 5. The van der Waals surface area contributed by atoms with E-state index in [1.807, 2.05) is 0 Å². The number of hydrogen-bond donors (Lipinski definition) is 1. The summed E-state index contributed by atoms with van der Waals surface area (Å²) in [4.78, 5) is 23.7. The van der Waals surface area contributed by atoms with Gasteiger partial charge in [-0.15, -0.1) is 0 Å². The fourth-order valence-corrected chi connectivity index (χ4v) is 3.03. The molecule has 116 valence electrons. The Morgan fingerprint density at radius 2 is 1.95 bits per heavy atom. The summed E-state index contributed by atoms with van der Waals surface area (Å²) >= 11 is 0. The smallest absolute Gasteiger partial charge is 0.328 e. The van der Waals surface area contributed by atoms with Gasteiger partial charge in [0.05, 0.1) is 19.3 Å². The molecule has 1 aliphatic heterocycles. The lowest BCUT2D eigenvalue weighted by Gasteiger charge is -2.21. The number of nitrogens with one attached hydrogen (secondary N) is 1. The van der Waals surface area contributed by atoms with Crippen LogP contribution >= 0.6 is 0 Å². The Balaban J connectivity index is 2.65. The minimum absolute atomic E-state index is 0.0983. The highest BCUT2D eigenvalue weighted by atomic mass is 32.2. The van der Waals surface area contributed by atoms with Crippen LogP contribution < -0.4 is 5.32 Å². The predicted octanol–water partition coefficient (Wildman–Crippen LogP) is -0.418. The number of methoxy groups -OCH3 is 1. The van der Waals surface area contributed by atoms with Gasteiger partial charge in [-0.05, 0) is 12.3 Å². The van der Waals surface area contributed by atoms with Gasteiger partial charge in [0.1, 0.15) is 6.04 Å². The Bertz CT molecular complexity index is 474. The third-order valence-corrected chi connectivity index (χ3v) is 4.68. The highest BCUT2D eigenvalue weighted by molar-refractivity contribution is 7.88. The van der Waals surface area contributed by atoms with Gasteiger partial charge >= 0.3 is 5.97 Å². The second kappa shape index (κ2) is 6.53. The molecule has 0 radical (unpaired) electrons. The maximum Gasteiger partial charge on any atom is 0.328 e. The fraction of sp³-hybridized carbons (Fsp3) is 0.833. The molecule has 0 aromatic heterocycles. The van der Waals surface area contributed by atoms with Crippen LogP contribution in [0.2, 0.25) is 0 Å². The van der Waals surface area contributed by atoms with Crippen molar-refractivity contribution >= 4 is 21.9 Å². The van der Waals surface area contributed by atoms with Crippen LogP contribution in [0.15, 0.2) is 0 Å². The molecule has 0 bridgehead atoms. The first-order chi connectivity index (χ1) is 9.16. The normalized spacial score (nSPS) is 21.8. The van der Waals surface area contributed by atoms with Gasteiger partial charge < -0.3 is 10.1 Å². The molecule has 1 heterocycles. The average molecular weight is 306 g/mol. The van der Waals surface area contributed by atoms with Crippen molar-refractivity contribution in [2.45, 2.75) is 26.3 Å². The van der Waals surface area contributed by atoms with E-state index in [9.17, 15) is 18.0 Å². The molecule has 7 nitrogen and oxygen atoms in total. The van der Waals surface area contributed by atoms with Crippen molar-refractivity contribution < 1.29 is 22.7 Å². The van der Waals surface area contributed by atoms with Gasteiger partial charge in [-0.2, -0.15) is 0 Å². The lowest BCUT2D eigenvalue weighted by Crippen LogP contribution is -2.47. The zero-order valence-electron chi connectivity index (χ0n) is 12.3. The number of carbonyl (C=O) groups is 2. The van der Waals surface area contributed by atoms with Crippen molar-refractivity contribution in [2.75, 3.05) is 26.5 Å². The summed E-state index contributed by atoms with van der Waals surface area (Å²) in [5, 5.41) is 2.65. The molecule has 1 rings (SSSR count). The van der Waals surface area contributed by atoms with E-state index >= 15 is 0 Å². The second-order valence-electron chi connectivity index (χ2n) is 5.36. The van der Waals surface area contributed by atoms with Crippen LogP contribution in [0.25, 0.3) is 0 Å². The quantitative estimate of drug-likeness (QED) is 0.697. The summed E-state index contributed by atoms with van der Waals surface area (Å²) in [6.07, 6.45) is 1.59. The largest absolute Gasteiger partial charge is 0.467 e. The zero-order chi connectivity index (χ0) is 15.5. The van der Waals surface area contributed by atoms with Gasteiger partial charge in [-0.25, -0.2) is 17.5 Å². The molecule has 0 unspecified atom stereocenters. The Kier molecular flexibility index (Phi) is 5.52. The summed E-state index contributed by atoms with van der Waals surface area (Å²) in [5.41, 5.74) is 0. The average Bonchev–Trinajstić information content (AvgIpc) is 2.83. The van der Waals surface area contributed by atoms with Gasteiger partial charge in [0.2, 0.25) is 15.9 Å². The molecule has 8 heteroatoms. The maximum atomic E-state index is 12.1. The Hall–Kier alpha value is -1.15. The number of sulfonamides is 1. The first-order valence-electron chi connectivity index (χ1n) is 6.50. The van der Waals surface area contributed by atoms with Crippen LogP contribution in [0, 0.1) is 11.8 Å². The third kappa shape index (κ3) is 4.17. The second-order valence-corrected chi connectivity index (χ2v) is 7.34. The van der Waals surface area contributed by atoms with Gasteiger partial charge in [-0.3, -0.25) is 4.79 Å². The lowest BCUT2D eigenvalue weighted by molar-refractivity contribution is -0.146. The minimum Gasteiger partial charge on any atom is -0.467 e. The molecule has 20 heavy (non-hydrogen) atoms. The van der Waals surface area contributed by atoms with E-state index in [4.69, 9.17) is 0 Å². The van der Waals surface area contributed by atoms with Gasteiger partial charge in [0, 0.05) is 13.1 Å². The predicted molar refractivity (Wildman–Crippen MR) is 73.3 cm³/mol. The summed E-state index contributed by atoms with van der Waals surface area (Å²) in [5.74, 6) is -1.32. The molecule has 0 aromatic rings. The Labute approximate surface area is 119 Å². The summed E-state index contributed by atoms with van der Waals surface area (Å²) < 4.78 is 28.7. The van der Waals surface area contributed by atoms with Crippen LogP contribution in [-0.4, -0.2) is 57.1 Å². The molecule has 1 amide bonds. The standard InChI is InChI=1S/C12H22N2O5S/c1-8(2)10(12(16)19-3)13-11(15)9-5-6-14(7-9)20(4,17)18/h8-10H,5-7H2,1-4H3,(H,13,15)/t9-,10-/m0/s1. The highest BCUT2D eigenvalue weighted by Gasteiger charge is 2.35. The molecule has 0 aromatic carbocycles. The number of amides is 1. The van der Waals surface area contributed by atoms with E-state index in [0.717, 1.165) is 6.26 Å². The number of nitrogens with zero attached hydrogens (tertiary/aromatic N) is 1. The monoisotopic (exact) mass is 306 g/mol. The minimum atomic E-state index is -3.27. The molecular formula is C12H22N2O5S. The number of hydrogen-bond acceptors (Lipinski definition) is 5. The topological polar surface area (TPSA) is 92.8 Å². The molecule has 1 fully saturated rings. The molecule has 0 aliphatic carbocycles.